The molecule has 8 heteroatoms. The Balaban J connectivity index is 1.55. The Morgan fingerprint density at radius 2 is 2.06 bits per heavy atom. The number of carbonyl (C=O) groups is 1. The van der Waals surface area contributed by atoms with Crippen molar-refractivity contribution < 1.29 is 14.3 Å². The minimum Gasteiger partial charge on any atom is -0.493 e. The summed E-state index contributed by atoms with van der Waals surface area (Å²) in [6.07, 6.45) is 6.37. The van der Waals surface area contributed by atoms with Crippen molar-refractivity contribution in [2.45, 2.75) is 32.1 Å². The molecule has 0 aliphatic heterocycles. The Hall–Kier alpha value is -2.71. The highest BCUT2D eigenvalue weighted by molar-refractivity contribution is 7.16. The second kappa shape index (κ2) is 9.62. The van der Waals surface area contributed by atoms with Gasteiger partial charge in [-0.1, -0.05) is 12.1 Å². The number of rotatable bonds is 8. The van der Waals surface area contributed by atoms with Crippen molar-refractivity contribution >= 4 is 33.7 Å². The van der Waals surface area contributed by atoms with Crippen molar-refractivity contribution in [2.24, 2.45) is 0 Å². The van der Waals surface area contributed by atoms with Gasteiger partial charge in [-0.15, -0.1) is 29.3 Å². The number of para-hydroxylation sites is 1. The molecule has 2 heterocycles. The zero-order valence-electron chi connectivity index (χ0n) is 17.7. The third-order valence-electron chi connectivity index (χ3n) is 5.20. The van der Waals surface area contributed by atoms with E-state index < -0.39 is 0 Å². The normalized spacial score (nSPS) is 12.8. The third-order valence-corrected chi connectivity index (χ3v) is 7.30. The number of benzene rings is 1. The van der Waals surface area contributed by atoms with Gasteiger partial charge in [0, 0.05) is 16.8 Å². The van der Waals surface area contributed by atoms with Gasteiger partial charge in [0.1, 0.15) is 5.01 Å². The first-order valence-electron chi connectivity index (χ1n) is 10.2. The topological polar surface area (TPSA) is 64.6 Å². The Morgan fingerprint density at radius 1 is 1.23 bits per heavy atom. The minimum atomic E-state index is -0.0274. The highest BCUT2D eigenvalue weighted by Gasteiger charge is 2.23. The second-order valence-electron chi connectivity index (χ2n) is 7.23. The van der Waals surface area contributed by atoms with Crippen LogP contribution in [0.25, 0.3) is 10.6 Å². The van der Waals surface area contributed by atoms with E-state index in [1.54, 1.807) is 36.5 Å². The van der Waals surface area contributed by atoms with E-state index in [1.807, 2.05) is 23.6 Å². The monoisotopic (exact) mass is 455 g/mol. The molecule has 6 nitrogen and oxygen atoms in total. The van der Waals surface area contributed by atoms with Gasteiger partial charge in [-0.2, -0.15) is 0 Å². The smallest absolute Gasteiger partial charge is 0.235 e. The van der Waals surface area contributed by atoms with Gasteiger partial charge in [-0.05, 0) is 37.8 Å². The van der Waals surface area contributed by atoms with Crippen LogP contribution in [0.5, 0.6) is 11.5 Å². The number of thiazole rings is 2. The highest BCUT2D eigenvalue weighted by Crippen LogP contribution is 2.39. The zero-order valence-corrected chi connectivity index (χ0v) is 19.4. The summed E-state index contributed by atoms with van der Waals surface area (Å²) in [6, 6.07) is 5.69. The maximum atomic E-state index is 13.1. The standard InChI is InChI=1S/C23H25N3O3S2/c1-4-12-26(23-25-17-9-5-6-11-19(17)31-23)20(27)13-15-14-30-22(24-15)16-8-7-10-18(28-2)21(16)29-3/h4,7-8,10,14H,1,5-6,9,11-13H2,2-3H3. The molecule has 0 fully saturated rings. The van der Waals surface area contributed by atoms with Crippen molar-refractivity contribution in [3.63, 3.8) is 0 Å². The van der Waals surface area contributed by atoms with Gasteiger partial charge < -0.3 is 9.47 Å². The molecule has 162 valence electrons. The minimum absolute atomic E-state index is 0.0274. The molecule has 0 unspecified atom stereocenters. The Morgan fingerprint density at radius 3 is 2.81 bits per heavy atom. The first kappa shape index (κ1) is 21.5. The van der Waals surface area contributed by atoms with Crippen LogP contribution >= 0.6 is 22.7 Å². The fourth-order valence-electron chi connectivity index (χ4n) is 3.69. The Kier molecular flexibility index (Phi) is 6.67. The number of nitrogens with zero attached hydrogens (tertiary/aromatic N) is 3. The summed E-state index contributed by atoms with van der Waals surface area (Å²) in [7, 11) is 3.22. The second-order valence-corrected chi connectivity index (χ2v) is 9.15. The quantitative estimate of drug-likeness (QED) is 0.451. The van der Waals surface area contributed by atoms with E-state index in [2.05, 4.69) is 6.58 Å². The lowest BCUT2D eigenvalue weighted by Gasteiger charge is -2.17. The van der Waals surface area contributed by atoms with E-state index in [1.165, 1.54) is 29.1 Å². The fourth-order valence-corrected chi connectivity index (χ4v) is 5.70. The molecule has 0 saturated carbocycles. The molecular formula is C23H25N3O3S2. The molecule has 0 spiro atoms. The molecule has 0 radical (unpaired) electrons. The summed E-state index contributed by atoms with van der Waals surface area (Å²) >= 11 is 3.12. The van der Waals surface area contributed by atoms with Crippen molar-refractivity contribution in [2.75, 3.05) is 25.7 Å². The van der Waals surface area contributed by atoms with E-state index in [0.717, 1.165) is 39.9 Å². The summed E-state index contributed by atoms with van der Waals surface area (Å²) < 4.78 is 10.9. The first-order chi connectivity index (χ1) is 15.1. The molecule has 0 N–H and O–H groups in total. The maximum Gasteiger partial charge on any atom is 0.235 e. The molecule has 0 saturated heterocycles. The molecule has 4 rings (SSSR count). The number of carbonyl (C=O) groups excluding carboxylic acids is 1. The molecule has 0 atom stereocenters. The van der Waals surface area contributed by atoms with Gasteiger partial charge in [0.05, 0.1) is 37.6 Å². The van der Waals surface area contributed by atoms with E-state index in [0.29, 0.717) is 18.0 Å². The number of aryl methyl sites for hydroxylation is 2. The van der Waals surface area contributed by atoms with Crippen LogP contribution in [0.2, 0.25) is 0 Å². The summed E-state index contributed by atoms with van der Waals surface area (Å²) in [5.74, 6) is 1.26. The van der Waals surface area contributed by atoms with Gasteiger partial charge in [0.25, 0.3) is 0 Å². The average Bonchev–Trinajstić information content (AvgIpc) is 3.43. The van der Waals surface area contributed by atoms with Crippen molar-refractivity contribution in [1.29, 1.82) is 0 Å². The third kappa shape index (κ3) is 4.50. The summed E-state index contributed by atoms with van der Waals surface area (Å²) in [5, 5.41) is 3.48. The molecule has 1 aromatic carbocycles. The maximum absolute atomic E-state index is 13.1. The fraction of sp³-hybridized carbons (Fsp3) is 0.348. The lowest BCUT2D eigenvalue weighted by Crippen LogP contribution is -2.32. The molecule has 2 aromatic heterocycles. The van der Waals surface area contributed by atoms with Crippen LogP contribution in [0.1, 0.15) is 29.1 Å². The van der Waals surface area contributed by atoms with E-state index in [-0.39, 0.29) is 12.3 Å². The lowest BCUT2D eigenvalue weighted by molar-refractivity contribution is -0.117. The molecule has 0 bridgehead atoms. The Bertz CT molecular complexity index is 1070. The molecule has 1 amide bonds. The average molecular weight is 456 g/mol. The van der Waals surface area contributed by atoms with Gasteiger partial charge in [-0.25, -0.2) is 9.97 Å². The number of anilines is 1. The summed E-state index contributed by atoms with van der Waals surface area (Å²) in [4.78, 5) is 25.6. The lowest BCUT2D eigenvalue weighted by atomic mass is 10.0. The van der Waals surface area contributed by atoms with Gasteiger partial charge in [0.15, 0.2) is 16.6 Å². The Labute approximate surface area is 190 Å². The SMILES string of the molecule is C=CCN(C(=O)Cc1csc(-c2cccc(OC)c2OC)n1)c1nc2c(s1)CCCC2. The number of fused-ring (bicyclic) bond motifs is 1. The van der Waals surface area contributed by atoms with Crippen molar-refractivity contribution in [3.05, 3.63) is 52.5 Å². The zero-order chi connectivity index (χ0) is 21.8. The number of amides is 1. The van der Waals surface area contributed by atoms with Crippen LogP contribution in [0, 0.1) is 0 Å². The van der Waals surface area contributed by atoms with Gasteiger partial charge >= 0.3 is 0 Å². The van der Waals surface area contributed by atoms with Gasteiger partial charge in [0.2, 0.25) is 5.91 Å². The van der Waals surface area contributed by atoms with Crippen LogP contribution in [0.15, 0.2) is 36.2 Å². The molecule has 1 aliphatic rings. The largest absolute Gasteiger partial charge is 0.493 e. The van der Waals surface area contributed by atoms with Crippen molar-refractivity contribution in [1.82, 2.24) is 9.97 Å². The number of ether oxygens (including phenoxy) is 2. The molecular weight excluding hydrogens is 430 g/mol. The van der Waals surface area contributed by atoms with Crippen LogP contribution < -0.4 is 14.4 Å². The number of hydrogen-bond donors (Lipinski definition) is 0. The van der Waals surface area contributed by atoms with Crippen LogP contribution in [-0.4, -0.2) is 36.6 Å². The van der Waals surface area contributed by atoms with E-state index in [4.69, 9.17) is 19.4 Å². The number of methoxy groups -OCH3 is 2. The van der Waals surface area contributed by atoms with E-state index >= 15 is 0 Å². The first-order valence-corrected chi connectivity index (χ1v) is 11.9. The van der Waals surface area contributed by atoms with E-state index in [9.17, 15) is 4.79 Å². The number of aromatic nitrogens is 2. The van der Waals surface area contributed by atoms with Crippen molar-refractivity contribution in [3.8, 4) is 22.1 Å². The molecule has 31 heavy (non-hydrogen) atoms. The van der Waals surface area contributed by atoms with Gasteiger partial charge in [-0.3, -0.25) is 9.69 Å². The van der Waals surface area contributed by atoms with Crippen LogP contribution in [-0.2, 0) is 24.1 Å². The highest BCUT2D eigenvalue weighted by atomic mass is 32.1. The van der Waals surface area contributed by atoms with Crippen LogP contribution in [0.3, 0.4) is 0 Å². The predicted octanol–water partition coefficient (Wildman–Crippen LogP) is 4.92. The van der Waals surface area contributed by atoms with Crippen LogP contribution in [0.4, 0.5) is 5.13 Å². The summed E-state index contributed by atoms with van der Waals surface area (Å²) in [6.45, 7) is 4.26. The molecule has 1 aliphatic carbocycles. The number of hydrogen-bond acceptors (Lipinski definition) is 7. The molecule has 3 aromatic rings. The summed E-state index contributed by atoms with van der Waals surface area (Å²) in [5.41, 5.74) is 2.72. The predicted molar refractivity (Wildman–Crippen MR) is 126 cm³/mol.